The van der Waals surface area contributed by atoms with Crippen molar-refractivity contribution >= 4 is 27.5 Å². The van der Waals surface area contributed by atoms with Gasteiger partial charge in [-0.15, -0.1) is 0 Å². The summed E-state index contributed by atoms with van der Waals surface area (Å²) in [4.78, 5) is 9.53. The van der Waals surface area contributed by atoms with Crippen LogP contribution in [0.5, 0.6) is 0 Å². The number of nitro benzene ring substituents is 1. The Morgan fingerprint density at radius 2 is 2.10 bits per heavy atom. The summed E-state index contributed by atoms with van der Waals surface area (Å²) in [6.07, 6.45) is 2.54. The number of hydrogen-bond donors (Lipinski definition) is 1. The summed E-state index contributed by atoms with van der Waals surface area (Å²) in [5.41, 5.74) is -0.923. The second kappa shape index (κ2) is 7.19. The van der Waals surface area contributed by atoms with Crippen LogP contribution in [0.15, 0.2) is 17.0 Å². The first kappa shape index (κ1) is 17.9. The Bertz CT molecular complexity index is 634. The van der Waals surface area contributed by atoms with Crippen LogP contribution < -0.4 is 4.72 Å². The summed E-state index contributed by atoms with van der Waals surface area (Å²) in [5, 5.41) is 10.8. The second-order valence-corrected chi connectivity index (χ2v) is 7.33. The van der Waals surface area contributed by atoms with E-state index in [1.165, 1.54) is 6.92 Å². The highest BCUT2D eigenvalue weighted by atomic mass is 32.2. The molecule has 0 aliphatic rings. The second-order valence-electron chi connectivity index (χ2n) is 4.63. The minimum Gasteiger partial charge on any atom is -0.258 e. The number of thioether (sulfide) groups is 1. The smallest absolute Gasteiger partial charge is 0.258 e. The van der Waals surface area contributed by atoms with Crippen LogP contribution in [0.25, 0.3) is 0 Å². The highest BCUT2D eigenvalue weighted by molar-refractivity contribution is 7.98. The molecule has 6 nitrogen and oxygen atoms in total. The summed E-state index contributed by atoms with van der Waals surface area (Å²) < 4.78 is 40.4. The van der Waals surface area contributed by atoms with Crippen LogP contribution >= 0.6 is 11.8 Å². The van der Waals surface area contributed by atoms with Crippen molar-refractivity contribution < 1.29 is 17.7 Å². The first-order chi connectivity index (χ1) is 9.69. The van der Waals surface area contributed by atoms with Crippen molar-refractivity contribution in [3.8, 4) is 0 Å². The fourth-order valence-electron chi connectivity index (χ4n) is 1.69. The summed E-state index contributed by atoms with van der Waals surface area (Å²) in [7, 11) is -3.92. The van der Waals surface area contributed by atoms with Gasteiger partial charge in [-0.3, -0.25) is 10.1 Å². The lowest BCUT2D eigenvalue weighted by atomic mass is 10.2. The summed E-state index contributed by atoms with van der Waals surface area (Å²) in [5.74, 6) is -0.235. The molecular weight excluding hydrogens is 319 g/mol. The minimum absolute atomic E-state index is 0.0821. The van der Waals surface area contributed by atoms with Crippen LogP contribution in [0.4, 0.5) is 10.1 Å². The Morgan fingerprint density at radius 3 is 2.62 bits per heavy atom. The van der Waals surface area contributed by atoms with Crippen LogP contribution in [0, 0.1) is 22.9 Å². The van der Waals surface area contributed by atoms with Gasteiger partial charge in [0.15, 0.2) is 0 Å². The van der Waals surface area contributed by atoms with Gasteiger partial charge >= 0.3 is 5.69 Å². The summed E-state index contributed by atoms with van der Waals surface area (Å²) >= 11 is 1.59. The molecule has 1 aromatic rings. The molecule has 1 atom stereocenters. The molecule has 0 bridgehead atoms. The van der Waals surface area contributed by atoms with Gasteiger partial charge < -0.3 is 0 Å². The molecule has 0 aliphatic carbocycles. The molecule has 1 aromatic carbocycles. The van der Waals surface area contributed by atoms with Crippen molar-refractivity contribution in [1.82, 2.24) is 4.72 Å². The Morgan fingerprint density at radius 1 is 1.48 bits per heavy atom. The Labute approximate surface area is 127 Å². The van der Waals surface area contributed by atoms with Gasteiger partial charge in [0.25, 0.3) is 0 Å². The van der Waals surface area contributed by atoms with Crippen molar-refractivity contribution in [2.45, 2.75) is 31.2 Å². The SMILES string of the molecule is CSCCC(C)NS(=O)(=O)c1cc(C)c(F)c([N+](=O)[O-])c1. The van der Waals surface area contributed by atoms with E-state index in [9.17, 15) is 22.9 Å². The third-order valence-electron chi connectivity index (χ3n) is 2.83. The number of halogens is 1. The lowest BCUT2D eigenvalue weighted by Gasteiger charge is -2.14. The van der Waals surface area contributed by atoms with Gasteiger partial charge in [-0.2, -0.15) is 16.2 Å². The first-order valence-corrected chi connectivity index (χ1v) is 9.02. The minimum atomic E-state index is -3.92. The fourth-order valence-corrected chi connectivity index (χ4v) is 3.66. The molecule has 0 heterocycles. The number of sulfonamides is 1. The molecule has 118 valence electrons. The summed E-state index contributed by atoms with van der Waals surface area (Å²) in [6.45, 7) is 3.00. The zero-order chi connectivity index (χ0) is 16.2. The maximum absolute atomic E-state index is 13.6. The van der Waals surface area contributed by atoms with E-state index in [2.05, 4.69) is 4.72 Å². The molecular formula is C12H17FN2O4S2. The van der Waals surface area contributed by atoms with Crippen molar-refractivity contribution in [2.24, 2.45) is 0 Å². The van der Waals surface area contributed by atoms with Crippen LogP contribution in [-0.4, -0.2) is 31.4 Å². The highest BCUT2D eigenvalue weighted by Gasteiger charge is 2.24. The first-order valence-electron chi connectivity index (χ1n) is 6.15. The van der Waals surface area contributed by atoms with E-state index in [0.717, 1.165) is 17.9 Å². The van der Waals surface area contributed by atoms with Gasteiger partial charge in [-0.1, -0.05) is 0 Å². The predicted octanol–water partition coefficient (Wildman–Crippen LogP) is 2.46. The van der Waals surface area contributed by atoms with Crippen LogP contribution in [-0.2, 0) is 10.0 Å². The molecule has 1 rings (SSSR count). The number of nitro groups is 1. The maximum Gasteiger partial charge on any atom is 0.306 e. The van der Waals surface area contributed by atoms with Gasteiger partial charge in [-0.05, 0) is 43.9 Å². The molecule has 0 spiro atoms. The summed E-state index contributed by atoms with van der Waals surface area (Å²) in [6, 6.07) is 1.52. The van der Waals surface area contributed by atoms with E-state index in [4.69, 9.17) is 0 Å². The van der Waals surface area contributed by atoms with E-state index < -0.39 is 26.5 Å². The Hall–Kier alpha value is -1.19. The van der Waals surface area contributed by atoms with Crippen LogP contribution in [0.1, 0.15) is 18.9 Å². The predicted molar refractivity (Wildman–Crippen MR) is 80.6 cm³/mol. The molecule has 0 fully saturated rings. The van der Waals surface area contributed by atoms with Crippen molar-refractivity contribution in [1.29, 1.82) is 0 Å². The highest BCUT2D eigenvalue weighted by Crippen LogP contribution is 2.25. The lowest BCUT2D eigenvalue weighted by molar-refractivity contribution is -0.387. The van der Waals surface area contributed by atoms with Crippen molar-refractivity contribution in [3.63, 3.8) is 0 Å². The molecule has 0 saturated carbocycles. The average Bonchev–Trinajstić information content (AvgIpc) is 2.38. The maximum atomic E-state index is 13.6. The number of aryl methyl sites for hydroxylation is 1. The number of hydrogen-bond acceptors (Lipinski definition) is 5. The Kier molecular flexibility index (Phi) is 6.11. The number of nitrogens with one attached hydrogen (secondary N) is 1. The van der Waals surface area contributed by atoms with Gasteiger partial charge in [0.1, 0.15) is 0 Å². The third kappa shape index (κ3) is 4.65. The zero-order valence-electron chi connectivity index (χ0n) is 11.9. The number of rotatable bonds is 7. The average molecular weight is 336 g/mol. The van der Waals surface area contributed by atoms with Gasteiger partial charge in [0.2, 0.25) is 15.8 Å². The molecule has 0 amide bonds. The molecule has 0 saturated heterocycles. The third-order valence-corrected chi connectivity index (χ3v) is 5.04. The van der Waals surface area contributed by atoms with Gasteiger partial charge in [-0.25, -0.2) is 13.1 Å². The molecule has 0 aliphatic heterocycles. The quantitative estimate of drug-likeness (QED) is 0.610. The van der Waals surface area contributed by atoms with Crippen molar-refractivity contribution in [2.75, 3.05) is 12.0 Å². The van der Waals surface area contributed by atoms with E-state index in [0.29, 0.717) is 6.42 Å². The number of nitrogens with zero attached hydrogens (tertiary/aromatic N) is 1. The standard InChI is InChI=1S/C12H17FN2O4S2/c1-8-6-10(7-11(12(8)13)15(16)17)21(18,19)14-9(2)4-5-20-3/h6-7,9,14H,4-5H2,1-3H3. The van der Waals surface area contributed by atoms with E-state index in [1.54, 1.807) is 18.7 Å². The molecule has 0 radical (unpaired) electrons. The van der Waals surface area contributed by atoms with E-state index in [1.807, 2.05) is 6.26 Å². The van der Waals surface area contributed by atoms with Crippen molar-refractivity contribution in [3.05, 3.63) is 33.6 Å². The van der Waals surface area contributed by atoms with Crippen LogP contribution in [0.3, 0.4) is 0 Å². The molecule has 0 aromatic heterocycles. The molecule has 9 heteroatoms. The zero-order valence-corrected chi connectivity index (χ0v) is 13.6. The molecule has 21 heavy (non-hydrogen) atoms. The van der Waals surface area contributed by atoms with Crippen LogP contribution in [0.2, 0.25) is 0 Å². The Balaban J connectivity index is 3.12. The van der Waals surface area contributed by atoms with E-state index in [-0.39, 0.29) is 16.5 Å². The molecule has 1 unspecified atom stereocenters. The largest absolute Gasteiger partial charge is 0.306 e. The van der Waals surface area contributed by atoms with E-state index >= 15 is 0 Å². The normalized spacial score (nSPS) is 13.1. The molecule has 1 N–H and O–H groups in total. The van der Waals surface area contributed by atoms with Gasteiger partial charge in [0, 0.05) is 12.1 Å². The monoisotopic (exact) mass is 336 g/mol. The number of benzene rings is 1. The van der Waals surface area contributed by atoms with Gasteiger partial charge in [0.05, 0.1) is 9.82 Å². The fraction of sp³-hybridized carbons (Fsp3) is 0.500. The lowest BCUT2D eigenvalue weighted by Crippen LogP contribution is -2.33. The topological polar surface area (TPSA) is 89.3 Å².